The minimum absolute atomic E-state index is 0.240. The van der Waals surface area contributed by atoms with Crippen LogP contribution in [0, 0.1) is 5.92 Å². The number of nitrogens with one attached hydrogen (secondary N) is 1. The summed E-state index contributed by atoms with van der Waals surface area (Å²) in [6.07, 6.45) is 0. The number of esters is 1. The molecule has 0 bridgehead atoms. The normalized spacial score (nSPS) is 25.1. The van der Waals surface area contributed by atoms with Crippen molar-refractivity contribution in [2.75, 3.05) is 26.3 Å². The van der Waals surface area contributed by atoms with E-state index in [4.69, 9.17) is 9.47 Å². The maximum absolute atomic E-state index is 11.4. The molecule has 1 unspecified atom stereocenters. The first-order valence-corrected chi connectivity index (χ1v) is 5.12. The van der Waals surface area contributed by atoms with Gasteiger partial charge < -0.3 is 14.8 Å². The third-order valence-electron chi connectivity index (χ3n) is 2.10. The van der Waals surface area contributed by atoms with E-state index in [2.05, 4.69) is 19.2 Å². The summed E-state index contributed by atoms with van der Waals surface area (Å²) in [5, 5.41) is 3.20. The Morgan fingerprint density at radius 3 is 2.71 bits per heavy atom. The van der Waals surface area contributed by atoms with Gasteiger partial charge >= 0.3 is 5.97 Å². The first-order valence-electron chi connectivity index (χ1n) is 5.12. The lowest BCUT2D eigenvalue weighted by atomic mass is 10.1. The summed E-state index contributed by atoms with van der Waals surface area (Å²) in [6.45, 7) is 8.39. The van der Waals surface area contributed by atoms with Crippen molar-refractivity contribution in [1.82, 2.24) is 5.32 Å². The SMILES string of the molecule is CCOC(=O)C1(CNCC(C)C)CO1. The Bertz CT molecular complexity index is 200. The van der Waals surface area contributed by atoms with Gasteiger partial charge in [0.05, 0.1) is 13.2 Å². The van der Waals surface area contributed by atoms with Gasteiger partial charge in [-0.1, -0.05) is 13.8 Å². The van der Waals surface area contributed by atoms with Gasteiger partial charge in [0.2, 0.25) is 5.60 Å². The van der Waals surface area contributed by atoms with E-state index < -0.39 is 5.60 Å². The lowest BCUT2D eigenvalue weighted by molar-refractivity contribution is -0.149. The highest BCUT2D eigenvalue weighted by molar-refractivity contribution is 5.82. The minimum Gasteiger partial charge on any atom is -0.464 e. The minimum atomic E-state index is -0.676. The Morgan fingerprint density at radius 1 is 1.64 bits per heavy atom. The number of carbonyl (C=O) groups is 1. The second kappa shape index (κ2) is 4.75. The van der Waals surface area contributed by atoms with E-state index in [0.29, 0.717) is 25.7 Å². The zero-order valence-electron chi connectivity index (χ0n) is 9.13. The maximum Gasteiger partial charge on any atom is 0.342 e. The molecule has 1 fully saturated rings. The fourth-order valence-corrected chi connectivity index (χ4v) is 1.20. The van der Waals surface area contributed by atoms with Crippen LogP contribution in [-0.2, 0) is 14.3 Å². The molecular weight excluding hydrogens is 182 g/mol. The average molecular weight is 201 g/mol. The van der Waals surface area contributed by atoms with Crippen LogP contribution in [-0.4, -0.2) is 37.9 Å². The lowest BCUT2D eigenvalue weighted by Crippen LogP contribution is -2.39. The molecule has 14 heavy (non-hydrogen) atoms. The maximum atomic E-state index is 11.4. The quantitative estimate of drug-likeness (QED) is 0.504. The van der Waals surface area contributed by atoms with E-state index in [1.807, 2.05) is 0 Å². The molecule has 0 saturated carbocycles. The predicted molar refractivity (Wildman–Crippen MR) is 53.0 cm³/mol. The van der Waals surface area contributed by atoms with E-state index >= 15 is 0 Å². The van der Waals surface area contributed by atoms with Gasteiger partial charge in [-0.2, -0.15) is 0 Å². The molecule has 1 saturated heterocycles. The Hall–Kier alpha value is -0.610. The highest BCUT2D eigenvalue weighted by Gasteiger charge is 2.53. The molecule has 82 valence electrons. The third-order valence-corrected chi connectivity index (χ3v) is 2.10. The van der Waals surface area contributed by atoms with Gasteiger partial charge in [0.1, 0.15) is 0 Å². The molecule has 0 aliphatic carbocycles. The van der Waals surface area contributed by atoms with Crippen molar-refractivity contribution >= 4 is 5.97 Å². The Morgan fingerprint density at radius 2 is 2.29 bits per heavy atom. The molecule has 1 atom stereocenters. The van der Waals surface area contributed by atoms with Crippen LogP contribution in [0.15, 0.2) is 0 Å². The van der Waals surface area contributed by atoms with Crippen molar-refractivity contribution in [1.29, 1.82) is 0 Å². The van der Waals surface area contributed by atoms with Gasteiger partial charge in [-0.25, -0.2) is 4.79 Å². The van der Waals surface area contributed by atoms with Crippen LogP contribution in [0.3, 0.4) is 0 Å². The van der Waals surface area contributed by atoms with Crippen molar-refractivity contribution in [2.45, 2.75) is 26.4 Å². The third kappa shape index (κ3) is 2.96. The number of hydrogen-bond donors (Lipinski definition) is 1. The number of hydrogen-bond acceptors (Lipinski definition) is 4. The molecular formula is C10H19NO3. The molecule has 0 aromatic heterocycles. The zero-order valence-corrected chi connectivity index (χ0v) is 9.13. The van der Waals surface area contributed by atoms with Gasteiger partial charge in [-0.05, 0) is 19.4 Å². The topological polar surface area (TPSA) is 50.9 Å². The number of carbonyl (C=O) groups excluding carboxylic acids is 1. The second-order valence-corrected chi connectivity index (χ2v) is 4.03. The number of ether oxygens (including phenoxy) is 2. The van der Waals surface area contributed by atoms with Crippen LogP contribution in [0.2, 0.25) is 0 Å². The molecule has 0 aromatic rings. The highest BCUT2D eigenvalue weighted by atomic mass is 16.6. The summed E-state index contributed by atoms with van der Waals surface area (Å²) in [4.78, 5) is 11.4. The standard InChI is InChI=1S/C10H19NO3/c1-4-13-9(12)10(7-14-10)6-11-5-8(2)3/h8,11H,4-7H2,1-3H3. The van der Waals surface area contributed by atoms with E-state index in [1.165, 1.54) is 0 Å². The van der Waals surface area contributed by atoms with E-state index in [0.717, 1.165) is 6.54 Å². The lowest BCUT2D eigenvalue weighted by Gasteiger charge is -2.12. The van der Waals surface area contributed by atoms with Crippen LogP contribution in [0.5, 0.6) is 0 Å². The molecule has 4 nitrogen and oxygen atoms in total. The summed E-state index contributed by atoms with van der Waals surface area (Å²) in [5.74, 6) is 0.337. The molecule has 1 rings (SSSR count). The van der Waals surface area contributed by atoms with Crippen LogP contribution >= 0.6 is 0 Å². The van der Waals surface area contributed by atoms with Gasteiger partial charge in [0.25, 0.3) is 0 Å². The smallest absolute Gasteiger partial charge is 0.342 e. The van der Waals surface area contributed by atoms with E-state index in [9.17, 15) is 4.79 Å². The van der Waals surface area contributed by atoms with Crippen LogP contribution in [0.25, 0.3) is 0 Å². The first kappa shape index (κ1) is 11.5. The Kier molecular flexibility index (Phi) is 3.89. The van der Waals surface area contributed by atoms with Gasteiger partial charge in [-0.3, -0.25) is 0 Å². The molecule has 1 aliphatic heterocycles. The molecule has 1 heterocycles. The van der Waals surface area contributed by atoms with Crippen LogP contribution < -0.4 is 5.32 Å². The summed E-state index contributed by atoms with van der Waals surface area (Å²) in [5.41, 5.74) is -0.676. The first-order chi connectivity index (χ1) is 6.60. The van der Waals surface area contributed by atoms with Crippen LogP contribution in [0.4, 0.5) is 0 Å². The summed E-state index contributed by atoms with van der Waals surface area (Å²) < 4.78 is 10.1. The monoisotopic (exact) mass is 201 g/mol. The fraction of sp³-hybridized carbons (Fsp3) is 0.900. The van der Waals surface area contributed by atoms with Gasteiger partial charge in [0.15, 0.2) is 0 Å². The van der Waals surface area contributed by atoms with Crippen LogP contribution in [0.1, 0.15) is 20.8 Å². The zero-order chi connectivity index (χ0) is 10.6. The predicted octanol–water partition coefficient (Wildman–Crippen LogP) is 0.564. The van der Waals surface area contributed by atoms with Gasteiger partial charge in [-0.15, -0.1) is 0 Å². The van der Waals surface area contributed by atoms with Crippen molar-refractivity contribution in [3.63, 3.8) is 0 Å². The molecule has 0 radical (unpaired) electrons. The molecule has 0 spiro atoms. The van der Waals surface area contributed by atoms with Crippen molar-refractivity contribution in [2.24, 2.45) is 5.92 Å². The number of epoxide rings is 1. The molecule has 0 aromatic carbocycles. The average Bonchev–Trinajstić information content (AvgIpc) is 2.85. The largest absolute Gasteiger partial charge is 0.464 e. The number of rotatable bonds is 6. The summed E-state index contributed by atoms with van der Waals surface area (Å²) >= 11 is 0. The molecule has 0 amide bonds. The van der Waals surface area contributed by atoms with Crippen molar-refractivity contribution in [3.05, 3.63) is 0 Å². The van der Waals surface area contributed by atoms with Crippen molar-refractivity contribution in [3.8, 4) is 0 Å². The second-order valence-electron chi connectivity index (χ2n) is 4.03. The molecule has 4 heteroatoms. The van der Waals surface area contributed by atoms with E-state index in [-0.39, 0.29) is 5.97 Å². The summed E-state index contributed by atoms with van der Waals surface area (Å²) in [6, 6.07) is 0. The highest BCUT2D eigenvalue weighted by Crippen LogP contribution is 2.27. The summed E-state index contributed by atoms with van der Waals surface area (Å²) in [7, 11) is 0. The molecule has 1 N–H and O–H groups in total. The Balaban J connectivity index is 2.25. The van der Waals surface area contributed by atoms with Crippen molar-refractivity contribution < 1.29 is 14.3 Å². The fourth-order valence-electron chi connectivity index (χ4n) is 1.20. The van der Waals surface area contributed by atoms with Gasteiger partial charge in [0, 0.05) is 6.54 Å². The molecule has 1 aliphatic rings. The Labute approximate surface area is 85.0 Å². The van der Waals surface area contributed by atoms with E-state index in [1.54, 1.807) is 6.92 Å².